The molecular weight excluding hydrogens is 654 g/mol. The number of anilines is 3. The van der Waals surface area contributed by atoms with Crippen LogP contribution in [0.3, 0.4) is 0 Å². The molecule has 0 saturated carbocycles. The smallest absolute Gasteiger partial charge is 0.137 e. The molecule has 8 aromatic carbocycles. The first-order valence-corrected chi connectivity index (χ1v) is 17.8. The summed E-state index contributed by atoms with van der Waals surface area (Å²) in [6, 6.07) is 62.4. The van der Waals surface area contributed by atoms with Crippen molar-refractivity contribution in [3.63, 3.8) is 0 Å². The molecule has 0 bridgehead atoms. The zero-order valence-corrected chi connectivity index (χ0v) is 28.4. The van der Waals surface area contributed by atoms with Gasteiger partial charge in [-0.25, -0.2) is 4.39 Å². The van der Waals surface area contributed by atoms with Crippen LogP contribution in [-0.4, -0.2) is 9.13 Å². The summed E-state index contributed by atoms with van der Waals surface area (Å²) < 4.78 is 25.2. The molecule has 0 aliphatic rings. The largest absolute Gasteiger partial charge is 0.456 e. The zero-order valence-electron chi connectivity index (χ0n) is 28.4. The topological polar surface area (TPSA) is 26.2 Å². The van der Waals surface area contributed by atoms with Crippen LogP contribution in [0.25, 0.3) is 76.9 Å². The molecule has 5 heteroatoms. The van der Waals surface area contributed by atoms with Crippen LogP contribution in [0.15, 0.2) is 186 Å². The molecular formula is C48H30FN3O. The molecule has 0 atom stereocenters. The highest BCUT2D eigenvalue weighted by molar-refractivity contribution is 6.13. The van der Waals surface area contributed by atoms with E-state index in [0.717, 1.165) is 83.2 Å². The van der Waals surface area contributed by atoms with Gasteiger partial charge in [-0.15, -0.1) is 0 Å². The van der Waals surface area contributed by atoms with Crippen molar-refractivity contribution in [3.05, 3.63) is 188 Å². The van der Waals surface area contributed by atoms with Gasteiger partial charge in [-0.3, -0.25) is 0 Å². The lowest BCUT2D eigenvalue weighted by atomic mass is 10.1. The van der Waals surface area contributed by atoms with E-state index in [2.05, 4.69) is 154 Å². The molecule has 11 aromatic rings. The maximum Gasteiger partial charge on any atom is 0.137 e. The van der Waals surface area contributed by atoms with Gasteiger partial charge in [-0.2, -0.15) is 0 Å². The Morgan fingerprint density at radius 1 is 0.358 bits per heavy atom. The Morgan fingerprint density at radius 2 is 0.868 bits per heavy atom. The molecule has 0 spiro atoms. The number of furan rings is 1. The molecule has 0 N–H and O–H groups in total. The van der Waals surface area contributed by atoms with Crippen LogP contribution < -0.4 is 4.90 Å². The lowest BCUT2D eigenvalue weighted by molar-refractivity contribution is 0.627. The number of hydrogen-bond acceptors (Lipinski definition) is 2. The first-order valence-electron chi connectivity index (χ1n) is 17.8. The van der Waals surface area contributed by atoms with Crippen LogP contribution in [0.4, 0.5) is 21.5 Å². The van der Waals surface area contributed by atoms with Crippen molar-refractivity contribution in [3.8, 4) is 11.4 Å². The van der Waals surface area contributed by atoms with Gasteiger partial charge in [0.25, 0.3) is 0 Å². The van der Waals surface area contributed by atoms with E-state index >= 15 is 0 Å². The first kappa shape index (κ1) is 29.6. The molecule has 4 nitrogen and oxygen atoms in total. The second-order valence-corrected chi connectivity index (χ2v) is 13.5. The molecule has 0 amide bonds. The fourth-order valence-electron chi connectivity index (χ4n) is 8.22. The Bertz CT molecular complexity index is 3190. The predicted molar refractivity (Wildman–Crippen MR) is 217 cm³/mol. The van der Waals surface area contributed by atoms with E-state index in [0.29, 0.717) is 0 Å². The number of benzene rings is 8. The zero-order chi connectivity index (χ0) is 35.0. The van der Waals surface area contributed by atoms with E-state index in [-0.39, 0.29) is 5.82 Å². The minimum Gasteiger partial charge on any atom is -0.456 e. The van der Waals surface area contributed by atoms with Crippen molar-refractivity contribution in [1.82, 2.24) is 9.13 Å². The Balaban J connectivity index is 1.18. The summed E-state index contributed by atoms with van der Waals surface area (Å²) in [5.41, 5.74) is 11.1. The van der Waals surface area contributed by atoms with Crippen LogP contribution >= 0.6 is 0 Å². The SMILES string of the molecule is Fc1ccc(-n2c3ccccc3c3ccc(N(c4ccc5c(c4)oc4ccccc45)c4ccc5c(c4)c4ccccc4n5-c4ccccc4)cc32)cc1. The van der Waals surface area contributed by atoms with E-state index in [1.165, 1.54) is 22.9 Å². The lowest BCUT2D eigenvalue weighted by Gasteiger charge is -2.26. The fraction of sp³-hybridized carbons (Fsp3) is 0. The van der Waals surface area contributed by atoms with Gasteiger partial charge in [0.05, 0.1) is 22.1 Å². The Kier molecular flexibility index (Phi) is 6.40. The summed E-state index contributed by atoms with van der Waals surface area (Å²) in [4.78, 5) is 2.31. The quantitative estimate of drug-likeness (QED) is 0.180. The summed E-state index contributed by atoms with van der Waals surface area (Å²) in [5.74, 6) is -0.258. The maximum atomic E-state index is 14.2. The molecule has 3 heterocycles. The van der Waals surface area contributed by atoms with Gasteiger partial charge < -0.3 is 18.5 Å². The molecule has 250 valence electrons. The predicted octanol–water partition coefficient (Wildman–Crippen LogP) is 13.4. The van der Waals surface area contributed by atoms with Gasteiger partial charge in [0.1, 0.15) is 17.0 Å². The van der Waals surface area contributed by atoms with Crippen molar-refractivity contribution in [2.24, 2.45) is 0 Å². The van der Waals surface area contributed by atoms with Crippen molar-refractivity contribution in [2.75, 3.05) is 4.90 Å². The Labute approximate surface area is 303 Å². The van der Waals surface area contributed by atoms with Gasteiger partial charge in [0.15, 0.2) is 0 Å². The highest BCUT2D eigenvalue weighted by Gasteiger charge is 2.21. The number of para-hydroxylation sites is 4. The van der Waals surface area contributed by atoms with Gasteiger partial charge in [-0.1, -0.05) is 78.9 Å². The second-order valence-electron chi connectivity index (χ2n) is 13.5. The van der Waals surface area contributed by atoms with E-state index < -0.39 is 0 Å². The Hall–Kier alpha value is -7.11. The van der Waals surface area contributed by atoms with Gasteiger partial charge in [-0.05, 0) is 97.1 Å². The fourth-order valence-corrected chi connectivity index (χ4v) is 8.22. The maximum absolute atomic E-state index is 14.2. The minimum absolute atomic E-state index is 0.258. The third kappa shape index (κ3) is 4.54. The van der Waals surface area contributed by atoms with Crippen molar-refractivity contribution in [1.29, 1.82) is 0 Å². The molecule has 53 heavy (non-hydrogen) atoms. The van der Waals surface area contributed by atoms with E-state index in [1.54, 1.807) is 0 Å². The number of halogens is 1. The van der Waals surface area contributed by atoms with Crippen LogP contribution in [0, 0.1) is 5.82 Å². The first-order chi connectivity index (χ1) is 26.2. The third-order valence-corrected chi connectivity index (χ3v) is 10.5. The average Bonchev–Trinajstić information content (AvgIpc) is 3.86. The summed E-state index contributed by atoms with van der Waals surface area (Å²) in [6.45, 7) is 0. The van der Waals surface area contributed by atoms with Crippen molar-refractivity contribution >= 4 is 82.6 Å². The van der Waals surface area contributed by atoms with E-state index in [9.17, 15) is 4.39 Å². The molecule has 0 saturated heterocycles. The van der Waals surface area contributed by atoms with Gasteiger partial charge in [0.2, 0.25) is 0 Å². The van der Waals surface area contributed by atoms with Crippen LogP contribution in [0.5, 0.6) is 0 Å². The molecule has 3 aromatic heterocycles. The molecule has 0 fully saturated rings. The van der Waals surface area contributed by atoms with Crippen molar-refractivity contribution in [2.45, 2.75) is 0 Å². The second kappa shape index (κ2) is 11.5. The number of rotatable bonds is 5. The highest BCUT2D eigenvalue weighted by Crippen LogP contribution is 2.43. The monoisotopic (exact) mass is 683 g/mol. The number of hydrogen-bond donors (Lipinski definition) is 0. The number of fused-ring (bicyclic) bond motifs is 9. The van der Waals surface area contributed by atoms with Crippen LogP contribution in [0.1, 0.15) is 0 Å². The standard InChI is InChI=1S/C48H30FN3O/c49-31-18-20-33(21-19-31)52-43-15-7-4-12-37(43)39-25-22-35(29-46(39)52)50(36-23-26-41-40-14-6-9-17-47(40)53-48(41)30-36)34-24-27-45-42(28-34)38-13-5-8-16-44(38)51(45)32-10-2-1-3-11-32/h1-30H. The number of nitrogens with zero attached hydrogens (tertiary/aromatic N) is 3. The molecule has 0 aliphatic heterocycles. The summed E-state index contributed by atoms with van der Waals surface area (Å²) in [6.07, 6.45) is 0. The normalized spacial score (nSPS) is 11.9. The lowest BCUT2D eigenvalue weighted by Crippen LogP contribution is -2.10. The van der Waals surface area contributed by atoms with E-state index in [4.69, 9.17) is 4.42 Å². The van der Waals surface area contributed by atoms with Gasteiger partial charge >= 0.3 is 0 Å². The number of aromatic nitrogens is 2. The van der Waals surface area contributed by atoms with Crippen LogP contribution in [0.2, 0.25) is 0 Å². The third-order valence-electron chi connectivity index (χ3n) is 10.5. The molecule has 11 rings (SSSR count). The highest BCUT2D eigenvalue weighted by atomic mass is 19.1. The molecule has 0 unspecified atom stereocenters. The van der Waals surface area contributed by atoms with E-state index in [1.807, 2.05) is 30.3 Å². The average molecular weight is 684 g/mol. The van der Waals surface area contributed by atoms with Crippen LogP contribution in [-0.2, 0) is 0 Å². The summed E-state index contributed by atoms with van der Waals surface area (Å²) in [7, 11) is 0. The summed E-state index contributed by atoms with van der Waals surface area (Å²) in [5, 5.41) is 6.80. The summed E-state index contributed by atoms with van der Waals surface area (Å²) >= 11 is 0. The molecule has 0 radical (unpaired) electrons. The van der Waals surface area contributed by atoms with Crippen molar-refractivity contribution < 1.29 is 8.81 Å². The van der Waals surface area contributed by atoms with Gasteiger partial charge in [0, 0.05) is 66.8 Å². The Morgan fingerprint density at radius 3 is 1.64 bits per heavy atom. The minimum atomic E-state index is -0.258. The molecule has 0 aliphatic carbocycles.